The third kappa shape index (κ3) is 5.43. The average molecular weight is 470 g/mol. The van der Waals surface area contributed by atoms with Crippen molar-refractivity contribution in [2.24, 2.45) is 0 Å². The molecular weight excluding hydrogens is 442 g/mol. The van der Waals surface area contributed by atoms with Crippen LogP contribution in [0.25, 0.3) is 10.9 Å². The van der Waals surface area contributed by atoms with Crippen LogP contribution in [-0.2, 0) is 20.9 Å². The molecule has 174 valence electrons. The number of hydrogen-bond acceptors (Lipinski definition) is 6. The van der Waals surface area contributed by atoms with Crippen LogP contribution in [0.4, 0.5) is 5.69 Å². The van der Waals surface area contributed by atoms with Crippen molar-refractivity contribution in [1.82, 2.24) is 9.47 Å². The van der Waals surface area contributed by atoms with E-state index in [4.69, 9.17) is 14.2 Å². The van der Waals surface area contributed by atoms with Crippen molar-refractivity contribution in [2.75, 3.05) is 51.6 Å². The number of hydrogen-bond donors (Lipinski definition) is 1. The first-order valence-corrected chi connectivity index (χ1v) is 11.7. The number of aromatic nitrogens is 1. The summed E-state index contributed by atoms with van der Waals surface area (Å²) in [4.78, 5) is 28.1. The molecule has 1 N–H and O–H groups in total. The third-order valence-corrected chi connectivity index (χ3v) is 6.49. The number of para-hydroxylation sites is 1. The summed E-state index contributed by atoms with van der Waals surface area (Å²) in [6, 6.07) is 13.2. The van der Waals surface area contributed by atoms with Gasteiger partial charge >= 0.3 is 0 Å². The van der Waals surface area contributed by atoms with Gasteiger partial charge in [-0.3, -0.25) is 9.59 Å². The number of rotatable bonds is 8. The van der Waals surface area contributed by atoms with E-state index >= 15 is 0 Å². The molecule has 0 spiro atoms. The second kappa shape index (κ2) is 10.6. The largest absolute Gasteiger partial charge is 0.493 e. The van der Waals surface area contributed by atoms with Gasteiger partial charge in [-0.15, -0.1) is 11.8 Å². The van der Waals surface area contributed by atoms with E-state index in [1.54, 1.807) is 32.4 Å². The summed E-state index contributed by atoms with van der Waals surface area (Å²) in [6.45, 7) is 2.66. The van der Waals surface area contributed by atoms with Gasteiger partial charge in [0.15, 0.2) is 11.5 Å². The summed E-state index contributed by atoms with van der Waals surface area (Å²) >= 11 is 1.44. The number of amides is 2. The van der Waals surface area contributed by atoms with Crippen LogP contribution in [0.2, 0.25) is 0 Å². The zero-order valence-electron chi connectivity index (χ0n) is 18.7. The normalized spacial score (nSPS) is 13.7. The Labute approximate surface area is 196 Å². The lowest BCUT2D eigenvalue weighted by molar-refractivity contribution is -0.135. The Morgan fingerprint density at radius 3 is 2.58 bits per heavy atom. The first kappa shape index (κ1) is 23.0. The molecule has 0 radical (unpaired) electrons. The van der Waals surface area contributed by atoms with E-state index in [2.05, 4.69) is 5.32 Å². The fraction of sp³-hybridized carbons (Fsp3) is 0.333. The van der Waals surface area contributed by atoms with Crippen molar-refractivity contribution < 1.29 is 23.8 Å². The van der Waals surface area contributed by atoms with Crippen molar-refractivity contribution >= 4 is 40.2 Å². The molecule has 4 rings (SSSR count). The number of carbonyl (C=O) groups is 2. The third-order valence-electron chi connectivity index (χ3n) is 5.45. The molecule has 0 saturated carbocycles. The van der Waals surface area contributed by atoms with Crippen LogP contribution >= 0.6 is 11.8 Å². The number of methoxy groups -OCH3 is 2. The minimum atomic E-state index is -0.131. The van der Waals surface area contributed by atoms with Crippen LogP contribution in [0.15, 0.2) is 53.6 Å². The molecule has 0 aliphatic carbocycles. The first-order valence-electron chi connectivity index (χ1n) is 10.7. The zero-order chi connectivity index (χ0) is 23.2. The zero-order valence-corrected chi connectivity index (χ0v) is 19.5. The molecular formula is C24H27N3O5S. The summed E-state index contributed by atoms with van der Waals surface area (Å²) in [6.07, 6.45) is 1.96. The second-order valence-electron chi connectivity index (χ2n) is 7.54. The molecule has 1 aliphatic heterocycles. The molecule has 2 amide bonds. The topological polar surface area (TPSA) is 82.0 Å². The maximum absolute atomic E-state index is 12.7. The van der Waals surface area contributed by atoms with Gasteiger partial charge in [0.25, 0.3) is 0 Å². The highest BCUT2D eigenvalue weighted by molar-refractivity contribution is 8.00. The Balaban J connectivity index is 1.43. The minimum Gasteiger partial charge on any atom is -0.493 e. The highest BCUT2D eigenvalue weighted by atomic mass is 32.2. The van der Waals surface area contributed by atoms with E-state index in [0.717, 1.165) is 15.8 Å². The van der Waals surface area contributed by atoms with Gasteiger partial charge in [0.2, 0.25) is 11.8 Å². The molecule has 0 bridgehead atoms. The van der Waals surface area contributed by atoms with E-state index in [-0.39, 0.29) is 24.1 Å². The Bertz CT molecular complexity index is 1140. The Kier molecular flexibility index (Phi) is 7.41. The lowest BCUT2D eigenvalue weighted by atomic mass is 10.2. The maximum atomic E-state index is 12.7. The maximum Gasteiger partial charge on any atom is 0.242 e. The molecule has 8 nitrogen and oxygen atoms in total. The van der Waals surface area contributed by atoms with Crippen LogP contribution in [0.3, 0.4) is 0 Å². The number of nitrogens with one attached hydrogen (secondary N) is 1. The SMILES string of the molecule is COc1ccc(NC(=O)CSc2cn(CC(=O)N3CCOCC3)c3ccccc23)cc1OC. The first-order chi connectivity index (χ1) is 16.1. The average Bonchev–Trinajstić information content (AvgIpc) is 3.20. The highest BCUT2D eigenvalue weighted by Crippen LogP contribution is 2.32. The van der Waals surface area contributed by atoms with Gasteiger partial charge in [0.1, 0.15) is 6.54 Å². The van der Waals surface area contributed by atoms with Gasteiger partial charge in [0.05, 0.1) is 33.2 Å². The molecule has 1 fully saturated rings. The number of nitrogens with zero attached hydrogens (tertiary/aromatic N) is 2. The van der Waals surface area contributed by atoms with E-state index < -0.39 is 0 Å². The number of morpholine rings is 1. The van der Waals surface area contributed by atoms with Gasteiger partial charge in [0, 0.05) is 46.8 Å². The van der Waals surface area contributed by atoms with Gasteiger partial charge in [-0.1, -0.05) is 18.2 Å². The molecule has 33 heavy (non-hydrogen) atoms. The molecule has 0 atom stereocenters. The smallest absolute Gasteiger partial charge is 0.242 e. The lowest BCUT2D eigenvalue weighted by Crippen LogP contribution is -2.42. The number of thioether (sulfide) groups is 1. The molecule has 3 aromatic rings. The minimum absolute atomic E-state index is 0.0711. The standard InChI is InChI=1S/C24H27N3O5S/c1-30-20-8-7-17(13-21(20)31-2)25-23(28)16-33-22-14-27(19-6-4-3-5-18(19)22)15-24(29)26-9-11-32-12-10-26/h3-8,13-14H,9-12,15-16H2,1-2H3,(H,25,28). The molecule has 2 heterocycles. The van der Waals surface area contributed by atoms with Crippen molar-refractivity contribution in [2.45, 2.75) is 11.4 Å². The van der Waals surface area contributed by atoms with Crippen LogP contribution in [0.1, 0.15) is 0 Å². The van der Waals surface area contributed by atoms with Gasteiger partial charge < -0.3 is 29.0 Å². The quantitative estimate of drug-likeness (QED) is 0.510. The Morgan fingerprint density at radius 2 is 1.82 bits per heavy atom. The molecule has 1 aliphatic rings. The molecule has 1 aromatic heterocycles. The second-order valence-corrected chi connectivity index (χ2v) is 8.56. The summed E-state index contributed by atoms with van der Waals surface area (Å²) in [7, 11) is 3.12. The predicted molar refractivity (Wildman–Crippen MR) is 128 cm³/mol. The van der Waals surface area contributed by atoms with E-state index in [1.807, 2.05) is 39.9 Å². The number of ether oxygens (including phenoxy) is 3. The fourth-order valence-electron chi connectivity index (χ4n) is 3.77. The predicted octanol–water partition coefficient (Wildman–Crippen LogP) is 3.25. The van der Waals surface area contributed by atoms with E-state index in [0.29, 0.717) is 43.5 Å². The van der Waals surface area contributed by atoms with Crippen molar-refractivity contribution in [1.29, 1.82) is 0 Å². The van der Waals surface area contributed by atoms with Gasteiger partial charge in [-0.2, -0.15) is 0 Å². The number of anilines is 1. The molecule has 9 heteroatoms. The van der Waals surface area contributed by atoms with Crippen molar-refractivity contribution in [3.63, 3.8) is 0 Å². The number of benzene rings is 2. The van der Waals surface area contributed by atoms with Crippen molar-refractivity contribution in [3.8, 4) is 11.5 Å². The molecule has 0 unspecified atom stereocenters. The number of carbonyl (C=O) groups excluding carboxylic acids is 2. The lowest BCUT2D eigenvalue weighted by Gasteiger charge is -2.27. The van der Waals surface area contributed by atoms with E-state index in [1.165, 1.54) is 11.8 Å². The van der Waals surface area contributed by atoms with E-state index in [9.17, 15) is 9.59 Å². The number of fused-ring (bicyclic) bond motifs is 1. The Morgan fingerprint density at radius 1 is 1.06 bits per heavy atom. The van der Waals surface area contributed by atoms with Gasteiger partial charge in [-0.25, -0.2) is 0 Å². The fourth-order valence-corrected chi connectivity index (χ4v) is 4.66. The summed E-state index contributed by atoms with van der Waals surface area (Å²) in [5, 5.41) is 3.92. The summed E-state index contributed by atoms with van der Waals surface area (Å²) < 4.78 is 17.8. The van der Waals surface area contributed by atoms with Gasteiger partial charge in [-0.05, 0) is 18.2 Å². The summed E-state index contributed by atoms with van der Waals surface area (Å²) in [5.74, 6) is 1.33. The molecule has 2 aromatic carbocycles. The monoisotopic (exact) mass is 469 g/mol. The van der Waals surface area contributed by atoms with Crippen LogP contribution in [0.5, 0.6) is 11.5 Å². The highest BCUT2D eigenvalue weighted by Gasteiger charge is 2.19. The van der Waals surface area contributed by atoms with Crippen LogP contribution < -0.4 is 14.8 Å². The Hall–Kier alpha value is -3.17. The van der Waals surface area contributed by atoms with Crippen molar-refractivity contribution in [3.05, 3.63) is 48.7 Å². The molecule has 1 saturated heterocycles. The summed E-state index contributed by atoms with van der Waals surface area (Å²) in [5.41, 5.74) is 1.61. The van der Waals surface area contributed by atoms with Crippen LogP contribution in [0, 0.1) is 0 Å². The van der Waals surface area contributed by atoms with Crippen LogP contribution in [-0.4, -0.2) is 67.6 Å².